The second-order valence-corrected chi connectivity index (χ2v) is 5.90. The first-order chi connectivity index (χ1) is 7.86. The summed E-state index contributed by atoms with van der Waals surface area (Å²) >= 11 is 0. The monoisotopic (exact) mass is 271 g/mol. The molecule has 0 aliphatic rings. The van der Waals surface area contributed by atoms with Gasteiger partial charge in [0.05, 0.1) is 11.4 Å². The highest BCUT2D eigenvalue weighted by Crippen LogP contribution is 2.16. The molecule has 6 heteroatoms. The SMILES string of the molecule is C#CCN(C)C(=O)c1cccc(S(=O)(=O)Cl)c1. The van der Waals surface area contributed by atoms with Crippen molar-refractivity contribution in [1.29, 1.82) is 0 Å². The van der Waals surface area contributed by atoms with Gasteiger partial charge < -0.3 is 4.90 Å². The zero-order valence-corrected chi connectivity index (χ0v) is 10.6. The number of hydrogen-bond donors (Lipinski definition) is 0. The molecule has 0 heterocycles. The van der Waals surface area contributed by atoms with Crippen molar-refractivity contribution in [3.8, 4) is 12.3 Å². The van der Waals surface area contributed by atoms with Gasteiger partial charge >= 0.3 is 0 Å². The first-order valence-electron chi connectivity index (χ1n) is 4.60. The quantitative estimate of drug-likeness (QED) is 0.615. The van der Waals surface area contributed by atoms with Crippen LogP contribution in [0.2, 0.25) is 0 Å². The molecule has 0 aromatic heterocycles. The molecule has 90 valence electrons. The number of carbonyl (C=O) groups is 1. The molecule has 1 amide bonds. The molecule has 0 aliphatic carbocycles. The van der Waals surface area contributed by atoms with E-state index < -0.39 is 9.05 Å². The van der Waals surface area contributed by atoms with E-state index >= 15 is 0 Å². The van der Waals surface area contributed by atoms with E-state index in [0.29, 0.717) is 0 Å². The van der Waals surface area contributed by atoms with Gasteiger partial charge in [-0.15, -0.1) is 6.42 Å². The average Bonchev–Trinajstić information content (AvgIpc) is 2.27. The summed E-state index contributed by atoms with van der Waals surface area (Å²) in [6, 6.07) is 5.49. The van der Waals surface area contributed by atoms with E-state index in [0.717, 1.165) is 0 Å². The van der Waals surface area contributed by atoms with Gasteiger partial charge in [0.15, 0.2) is 0 Å². The lowest BCUT2D eigenvalue weighted by molar-refractivity contribution is 0.0812. The Morgan fingerprint density at radius 3 is 2.71 bits per heavy atom. The number of terminal acetylenes is 1. The van der Waals surface area contributed by atoms with Crippen molar-refractivity contribution in [1.82, 2.24) is 4.90 Å². The molecule has 0 N–H and O–H groups in total. The van der Waals surface area contributed by atoms with Gasteiger partial charge in [-0.05, 0) is 18.2 Å². The Hall–Kier alpha value is -1.51. The minimum absolute atomic E-state index is 0.112. The van der Waals surface area contributed by atoms with Gasteiger partial charge in [-0.1, -0.05) is 12.0 Å². The van der Waals surface area contributed by atoms with Crippen molar-refractivity contribution in [2.75, 3.05) is 13.6 Å². The largest absolute Gasteiger partial charge is 0.331 e. The number of amides is 1. The van der Waals surface area contributed by atoms with Crippen LogP contribution in [0.25, 0.3) is 0 Å². The lowest BCUT2D eigenvalue weighted by atomic mass is 10.2. The zero-order valence-electron chi connectivity index (χ0n) is 9.05. The van der Waals surface area contributed by atoms with Crippen LogP contribution in [0, 0.1) is 12.3 Å². The molecular weight excluding hydrogens is 262 g/mol. The van der Waals surface area contributed by atoms with Crippen molar-refractivity contribution < 1.29 is 13.2 Å². The van der Waals surface area contributed by atoms with Gasteiger partial charge in [-0.25, -0.2) is 8.42 Å². The molecule has 0 saturated carbocycles. The Bertz CT molecular complexity index is 575. The Morgan fingerprint density at radius 2 is 2.18 bits per heavy atom. The molecular formula is C11H10ClNO3S. The minimum atomic E-state index is -3.84. The van der Waals surface area contributed by atoms with Crippen LogP contribution in [-0.4, -0.2) is 32.8 Å². The highest BCUT2D eigenvalue weighted by Gasteiger charge is 2.15. The number of rotatable bonds is 3. The minimum Gasteiger partial charge on any atom is -0.331 e. The molecule has 0 radical (unpaired) electrons. The van der Waals surface area contributed by atoms with Crippen LogP contribution < -0.4 is 0 Å². The van der Waals surface area contributed by atoms with E-state index in [2.05, 4.69) is 5.92 Å². The van der Waals surface area contributed by atoms with Gasteiger partial charge in [0.1, 0.15) is 0 Å². The fourth-order valence-electron chi connectivity index (χ4n) is 1.21. The molecule has 17 heavy (non-hydrogen) atoms. The summed E-state index contributed by atoms with van der Waals surface area (Å²) < 4.78 is 22.2. The number of hydrogen-bond acceptors (Lipinski definition) is 3. The summed E-state index contributed by atoms with van der Waals surface area (Å²) in [7, 11) is 2.89. The van der Waals surface area contributed by atoms with E-state index in [1.165, 1.54) is 36.2 Å². The molecule has 0 unspecified atom stereocenters. The average molecular weight is 272 g/mol. The van der Waals surface area contributed by atoms with E-state index in [1.54, 1.807) is 0 Å². The molecule has 0 bridgehead atoms. The predicted molar refractivity (Wildman–Crippen MR) is 65.3 cm³/mol. The first-order valence-corrected chi connectivity index (χ1v) is 6.91. The summed E-state index contributed by atoms with van der Waals surface area (Å²) in [5.74, 6) is 1.97. The number of nitrogens with zero attached hydrogens (tertiary/aromatic N) is 1. The third-order valence-electron chi connectivity index (χ3n) is 2.04. The second-order valence-electron chi connectivity index (χ2n) is 3.33. The number of halogens is 1. The predicted octanol–water partition coefficient (Wildman–Crippen LogP) is 1.32. The van der Waals surface area contributed by atoms with Gasteiger partial charge in [0.2, 0.25) is 0 Å². The van der Waals surface area contributed by atoms with Gasteiger partial charge in [-0.2, -0.15) is 0 Å². The van der Waals surface area contributed by atoms with Crippen LogP contribution in [0.5, 0.6) is 0 Å². The lowest BCUT2D eigenvalue weighted by Gasteiger charge is -2.13. The van der Waals surface area contributed by atoms with E-state index in [9.17, 15) is 13.2 Å². The van der Waals surface area contributed by atoms with E-state index in [-0.39, 0.29) is 22.9 Å². The van der Waals surface area contributed by atoms with Crippen LogP contribution in [0.4, 0.5) is 0 Å². The summed E-state index contributed by atoms with van der Waals surface area (Å²) in [5.41, 5.74) is 0.226. The molecule has 0 fully saturated rings. The molecule has 0 aliphatic heterocycles. The van der Waals surface area contributed by atoms with Gasteiger partial charge in [0, 0.05) is 23.3 Å². The van der Waals surface area contributed by atoms with Crippen molar-refractivity contribution in [3.63, 3.8) is 0 Å². The third kappa shape index (κ3) is 3.48. The first kappa shape index (κ1) is 13.6. The Labute approximate surface area is 105 Å². The maximum Gasteiger partial charge on any atom is 0.261 e. The maximum atomic E-state index is 11.8. The Kier molecular flexibility index (Phi) is 4.16. The molecule has 0 saturated heterocycles. The van der Waals surface area contributed by atoms with Gasteiger partial charge in [0.25, 0.3) is 15.0 Å². The second kappa shape index (κ2) is 5.21. The summed E-state index contributed by atoms with van der Waals surface area (Å²) in [4.78, 5) is 13.0. The van der Waals surface area contributed by atoms with Gasteiger partial charge in [-0.3, -0.25) is 4.79 Å². The maximum absolute atomic E-state index is 11.8. The lowest BCUT2D eigenvalue weighted by Crippen LogP contribution is -2.27. The topological polar surface area (TPSA) is 54.5 Å². The number of benzene rings is 1. The molecule has 1 rings (SSSR count). The van der Waals surface area contributed by atoms with E-state index in [1.807, 2.05) is 0 Å². The van der Waals surface area contributed by atoms with Crippen molar-refractivity contribution in [3.05, 3.63) is 29.8 Å². The summed E-state index contributed by atoms with van der Waals surface area (Å²) in [6.07, 6.45) is 5.08. The van der Waals surface area contributed by atoms with E-state index in [4.69, 9.17) is 17.1 Å². The molecule has 1 aromatic rings. The number of carbonyl (C=O) groups excluding carboxylic acids is 1. The smallest absolute Gasteiger partial charge is 0.261 e. The Morgan fingerprint density at radius 1 is 1.53 bits per heavy atom. The normalized spacial score (nSPS) is 10.6. The van der Waals surface area contributed by atoms with Crippen LogP contribution in [0.15, 0.2) is 29.2 Å². The standard InChI is InChI=1S/C11H10ClNO3S/c1-3-7-13(2)11(14)9-5-4-6-10(8-9)17(12,15)16/h1,4-6,8H,7H2,2H3. The van der Waals surface area contributed by atoms with Crippen LogP contribution >= 0.6 is 10.7 Å². The Balaban J connectivity index is 3.09. The summed E-state index contributed by atoms with van der Waals surface area (Å²) in [5, 5.41) is 0. The van der Waals surface area contributed by atoms with Crippen molar-refractivity contribution in [2.45, 2.75) is 4.90 Å². The fraction of sp³-hybridized carbons (Fsp3) is 0.182. The summed E-state index contributed by atoms with van der Waals surface area (Å²) in [6.45, 7) is 0.149. The third-order valence-corrected chi connectivity index (χ3v) is 3.39. The molecule has 4 nitrogen and oxygen atoms in total. The molecule has 0 atom stereocenters. The van der Waals surface area contributed by atoms with Crippen LogP contribution in [0.1, 0.15) is 10.4 Å². The molecule has 1 aromatic carbocycles. The molecule has 0 spiro atoms. The zero-order chi connectivity index (χ0) is 13.1. The fourth-order valence-corrected chi connectivity index (χ4v) is 2.01. The highest BCUT2D eigenvalue weighted by molar-refractivity contribution is 8.13. The van der Waals surface area contributed by atoms with Crippen LogP contribution in [-0.2, 0) is 9.05 Å². The van der Waals surface area contributed by atoms with Crippen LogP contribution in [0.3, 0.4) is 0 Å². The van der Waals surface area contributed by atoms with Crippen molar-refractivity contribution in [2.24, 2.45) is 0 Å². The van der Waals surface area contributed by atoms with Crippen molar-refractivity contribution >= 4 is 25.6 Å². The highest BCUT2D eigenvalue weighted by atomic mass is 35.7.